The molecule has 5 rings (SSSR count). The lowest BCUT2D eigenvalue weighted by molar-refractivity contribution is -0.140. The minimum Gasteiger partial charge on any atom is -0.446 e. The summed E-state index contributed by atoms with van der Waals surface area (Å²) in [5.41, 5.74) is 1.20. The van der Waals surface area contributed by atoms with Crippen LogP contribution in [0.4, 0.5) is 0 Å². The van der Waals surface area contributed by atoms with Crippen molar-refractivity contribution < 1.29 is 23.6 Å². The highest BCUT2D eigenvalue weighted by atomic mass is 32.1. The van der Waals surface area contributed by atoms with Crippen LogP contribution in [0.2, 0.25) is 0 Å². The van der Waals surface area contributed by atoms with Crippen molar-refractivity contribution in [3.05, 3.63) is 69.8 Å². The average molecular weight is 622 g/mol. The summed E-state index contributed by atoms with van der Waals surface area (Å²) in [5, 5.41) is 11.1. The molecule has 0 unspecified atom stereocenters. The molecule has 2 atom stereocenters. The van der Waals surface area contributed by atoms with Gasteiger partial charge in [-0.15, -0.1) is 11.3 Å². The predicted octanol–water partition coefficient (Wildman–Crippen LogP) is 2.57. The summed E-state index contributed by atoms with van der Waals surface area (Å²) < 4.78 is 5.70. The second-order valence-corrected chi connectivity index (χ2v) is 12.6. The van der Waals surface area contributed by atoms with E-state index in [4.69, 9.17) is 4.42 Å². The third-order valence-corrected chi connectivity index (χ3v) is 8.95. The van der Waals surface area contributed by atoms with Gasteiger partial charge in [-0.25, -0.2) is 9.97 Å². The number of likely N-dealkylation sites (tertiary alicyclic amines) is 1. The molecule has 0 aliphatic carbocycles. The topological polar surface area (TPSA) is 150 Å². The van der Waals surface area contributed by atoms with E-state index >= 15 is 0 Å². The van der Waals surface area contributed by atoms with Crippen LogP contribution in [-0.4, -0.2) is 83.2 Å². The van der Waals surface area contributed by atoms with Crippen LogP contribution in [0.1, 0.15) is 76.2 Å². The second kappa shape index (κ2) is 14.1. The first-order valence-corrected chi connectivity index (χ1v) is 15.9. The third-order valence-electron chi connectivity index (χ3n) is 8.03. The van der Waals surface area contributed by atoms with Crippen molar-refractivity contribution in [2.24, 2.45) is 11.8 Å². The Kier molecular flexibility index (Phi) is 10.1. The Labute approximate surface area is 260 Å². The number of aromatic nitrogens is 2. The van der Waals surface area contributed by atoms with Crippen molar-refractivity contribution in [2.75, 3.05) is 39.8 Å². The van der Waals surface area contributed by atoms with E-state index in [1.807, 2.05) is 51.2 Å². The van der Waals surface area contributed by atoms with Crippen molar-refractivity contribution in [3.8, 4) is 0 Å². The van der Waals surface area contributed by atoms with Crippen molar-refractivity contribution in [2.45, 2.75) is 45.2 Å². The number of amides is 4. The zero-order chi connectivity index (χ0) is 31.2. The molecule has 4 bridgehead atoms. The van der Waals surface area contributed by atoms with Crippen LogP contribution in [0.5, 0.6) is 0 Å². The van der Waals surface area contributed by atoms with Gasteiger partial charge in [0.05, 0.1) is 12.6 Å². The summed E-state index contributed by atoms with van der Waals surface area (Å²) in [7, 11) is 2.03. The number of thiazole rings is 1. The Morgan fingerprint density at radius 2 is 1.77 bits per heavy atom. The Balaban J connectivity index is 1.43. The van der Waals surface area contributed by atoms with Gasteiger partial charge in [0.15, 0.2) is 5.69 Å². The lowest BCUT2D eigenvalue weighted by atomic mass is 9.95. The maximum Gasteiger partial charge on any atom is 0.273 e. The summed E-state index contributed by atoms with van der Waals surface area (Å²) in [6.45, 7) is 5.68. The molecule has 0 spiro atoms. The molecule has 1 aromatic carbocycles. The van der Waals surface area contributed by atoms with E-state index < -0.39 is 23.9 Å². The summed E-state index contributed by atoms with van der Waals surface area (Å²) >= 11 is 1.29. The first-order chi connectivity index (χ1) is 21.2. The number of nitrogens with one attached hydrogen (secondary N) is 3. The number of hydrogen-bond donors (Lipinski definition) is 3. The van der Waals surface area contributed by atoms with Crippen molar-refractivity contribution in [3.63, 3.8) is 0 Å². The normalized spacial score (nSPS) is 21.3. The standard InChI is InChI=1S/C31H39N7O5S/c1-19(2)26-30-35-24(18-44-30)28(41)33-22(15-20-7-5-4-6-8-20)29-34-23(17-43-29)27(40)32-11-14-38(16-25(39)36-26)31(42)21-9-12-37(3)13-10-21/h4-8,17-19,21-22,26H,9-16H2,1-3H3,(H,32,40)(H,33,41)(H,36,39)/t22-,26-/m0/s1. The van der Waals surface area contributed by atoms with E-state index in [1.54, 1.807) is 5.38 Å². The Bertz CT molecular complexity index is 1460. The zero-order valence-electron chi connectivity index (χ0n) is 25.2. The van der Waals surface area contributed by atoms with Gasteiger partial charge in [0, 0.05) is 30.8 Å². The molecule has 0 radical (unpaired) electrons. The van der Waals surface area contributed by atoms with Crippen LogP contribution >= 0.6 is 11.3 Å². The summed E-state index contributed by atoms with van der Waals surface area (Å²) in [5.74, 6) is -1.36. The van der Waals surface area contributed by atoms with Gasteiger partial charge >= 0.3 is 0 Å². The average Bonchev–Trinajstić information content (AvgIpc) is 3.70. The summed E-state index contributed by atoms with van der Waals surface area (Å²) in [6, 6.07) is 8.46. The minimum absolute atomic E-state index is 0.0273. The first-order valence-electron chi connectivity index (χ1n) is 15.0. The molecule has 0 saturated carbocycles. The second-order valence-electron chi connectivity index (χ2n) is 11.7. The van der Waals surface area contributed by atoms with Crippen molar-refractivity contribution in [1.82, 2.24) is 35.7 Å². The van der Waals surface area contributed by atoms with E-state index in [2.05, 4.69) is 30.8 Å². The van der Waals surface area contributed by atoms with Crippen LogP contribution in [-0.2, 0) is 16.0 Å². The summed E-state index contributed by atoms with van der Waals surface area (Å²) in [6.07, 6.45) is 3.06. The smallest absolute Gasteiger partial charge is 0.273 e. The highest BCUT2D eigenvalue weighted by Gasteiger charge is 2.31. The van der Waals surface area contributed by atoms with Crippen LogP contribution in [0.15, 0.2) is 46.4 Å². The molecule has 4 heterocycles. The van der Waals surface area contributed by atoms with Crippen molar-refractivity contribution in [1.29, 1.82) is 0 Å². The number of carbonyl (C=O) groups is 4. The van der Waals surface area contributed by atoms with E-state index in [0.29, 0.717) is 24.3 Å². The number of rotatable bonds is 4. The molecule has 1 fully saturated rings. The predicted molar refractivity (Wildman–Crippen MR) is 164 cm³/mol. The lowest BCUT2D eigenvalue weighted by Crippen LogP contribution is -2.49. The number of piperidine rings is 1. The van der Waals surface area contributed by atoms with Crippen LogP contribution in [0.25, 0.3) is 0 Å². The number of hydrogen-bond acceptors (Lipinski definition) is 9. The molecule has 2 aliphatic heterocycles. The SMILES string of the molecule is CC(C)[C@@H]1NC(=O)CN(C(=O)C2CCN(C)CC2)CCNC(=O)c2coc(n2)[C@H](Cc2ccccc2)NC(=O)c2csc1n2. The molecule has 44 heavy (non-hydrogen) atoms. The van der Waals surface area contributed by atoms with Gasteiger partial charge in [-0.3, -0.25) is 19.2 Å². The van der Waals surface area contributed by atoms with Crippen LogP contribution < -0.4 is 16.0 Å². The van der Waals surface area contributed by atoms with Gasteiger partial charge < -0.3 is 30.2 Å². The Morgan fingerprint density at radius 1 is 1.02 bits per heavy atom. The molecule has 2 aromatic heterocycles. The quantitative estimate of drug-likeness (QED) is 0.403. The van der Waals surface area contributed by atoms with E-state index in [1.165, 1.54) is 22.5 Å². The molecule has 2 aliphatic rings. The molecule has 3 aromatic rings. The molecular weight excluding hydrogens is 582 g/mol. The number of fused-ring (bicyclic) bond motifs is 4. The molecule has 13 heteroatoms. The van der Waals surface area contributed by atoms with E-state index in [9.17, 15) is 19.2 Å². The third kappa shape index (κ3) is 7.69. The maximum absolute atomic E-state index is 13.6. The highest BCUT2D eigenvalue weighted by Crippen LogP contribution is 2.26. The van der Waals surface area contributed by atoms with E-state index in [0.717, 1.165) is 18.7 Å². The fraction of sp³-hybridized carbons (Fsp3) is 0.484. The van der Waals surface area contributed by atoms with Gasteiger partial charge in [-0.2, -0.15) is 0 Å². The fourth-order valence-electron chi connectivity index (χ4n) is 5.45. The maximum atomic E-state index is 13.6. The molecule has 234 valence electrons. The first kappa shape index (κ1) is 31.3. The minimum atomic E-state index is -0.668. The molecule has 12 nitrogen and oxygen atoms in total. The Hall–Kier alpha value is -4.10. The largest absolute Gasteiger partial charge is 0.446 e. The van der Waals surface area contributed by atoms with Crippen molar-refractivity contribution >= 4 is 35.0 Å². The fourth-order valence-corrected chi connectivity index (χ4v) is 6.47. The Morgan fingerprint density at radius 3 is 2.50 bits per heavy atom. The lowest BCUT2D eigenvalue weighted by Gasteiger charge is -2.32. The number of benzene rings is 1. The zero-order valence-corrected chi connectivity index (χ0v) is 26.1. The van der Waals surface area contributed by atoms with Gasteiger partial charge in [-0.05, 0) is 44.5 Å². The monoisotopic (exact) mass is 621 g/mol. The number of carbonyl (C=O) groups excluding carboxylic acids is 4. The van der Waals surface area contributed by atoms with E-state index in [-0.39, 0.29) is 60.6 Å². The van der Waals surface area contributed by atoms with Gasteiger partial charge in [0.1, 0.15) is 23.0 Å². The number of oxazole rings is 1. The number of nitrogens with zero attached hydrogens (tertiary/aromatic N) is 4. The molecule has 4 amide bonds. The molecule has 1 saturated heterocycles. The van der Waals surface area contributed by atoms with Crippen LogP contribution in [0, 0.1) is 11.8 Å². The molecule has 3 N–H and O–H groups in total. The van der Waals surface area contributed by atoms with Gasteiger partial charge in [-0.1, -0.05) is 44.2 Å². The van der Waals surface area contributed by atoms with Gasteiger partial charge in [0.2, 0.25) is 17.7 Å². The summed E-state index contributed by atoms with van der Waals surface area (Å²) in [4.78, 5) is 66.1. The van der Waals surface area contributed by atoms with Crippen LogP contribution in [0.3, 0.4) is 0 Å². The van der Waals surface area contributed by atoms with Gasteiger partial charge in [0.25, 0.3) is 11.8 Å². The highest BCUT2D eigenvalue weighted by molar-refractivity contribution is 7.09. The molecular formula is C31H39N7O5S.